The summed E-state index contributed by atoms with van der Waals surface area (Å²) < 4.78 is 21.0. The molecule has 1 aromatic heterocycles. The summed E-state index contributed by atoms with van der Waals surface area (Å²) in [5, 5.41) is 4.18. The SMILES string of the molecule is COCC(C)N(Cc1ccccc1F)Cc1ccnn1C. The second-order valence-corrected chi connectivity index (χ2v) is 5.25. The number of nitrogens with zero attached hydrogens (tertiary/aromatic N) is 3. The molecule has 2 aromatic rings. The van der Waals surface area contributed by atoms with Crippen LogP contribution in [-0.4, -0.2) is 34.4 Å². The normalized spacial score (nSPS) is 12.8. The molecule has 2 rings (SSSR count). The van der Waals surface area contributed by atoms with E-state index in [-0.39, 0.29) is 11.9 Å². The predicted molar refractivity (Wildman–Crippen MR) is 80.2 cm³/mol. The molecule has 0 saturated carbocycles. The van der Waals surface area contributed by atoms with Gasteiger partial charge in [-0.25, -0.2) is 4.39 Å². The number of ether oxygens (including phenoxy) is 1. The molecule has 0 fully saturated rings. The average Bonchev–Trinajstić information content (AvgIpc) is 2.86. The summed E-state index contributed by atoms with van der Waals surface area (Å²) >= 11 is 0. The molecule has 21 heavy (non-hydrogen) atoms. The first-order valence-corrected chi connectivity index (χ1v) is 7.05. The largest absolute Gasteiger partial charge is 0.383 e. The minimum Gasteiger partial charge on any atom is -0.383 e. The summed E-state index contributed by atoms with van der Waals surface area (Å²) in [7, 11) is 3.60. The van der Waals surface area contributed by atoms with Crippen molar-refractivity contribution in [2.75, 3.05) is 13.7 Å². The zero-order chi connectivity index (χ0) is 15.2. The van der Waals surface area contributed by atoms with Crippen molar-refractivity contribution in [2.24, 2.45) is 7.05 Å². The van der Waals surface area contributed by atoms with Crippen molar-refractivity contribution in [2.45, 2.75) is 26.1 Å². The maximum atomic E-state index is 13.9. The molecule has 1 aromatic carbocycles. The van der Waals surface area contributed by atoms with Gasteiger partial charge in [0.05, 0.1) is 12.3 Å². The first-order valence-electron chi connectivity index (χ1n) is 7.05. The van der Waals surface area contributed by atoms with Crippen LogP contribution >= 0.6 is 0 Å². The Morgan fingerprint density at radius 1 is 1.29 bits per heavy atom. The number of hydrogen-bond acceptors (Lipinski definition) is 3. The van der Waals surface area contributed by atoms with Crippen LogP contribution in [0.3, 0.4) is 0 Å². The number of aryl methyl sites for hydroxylation is 1. The van der Waals surface area contributed by atoms with Crippen molar-refractivity contribution in [3.05, 3.63) is 53.6 Å². The molecule has 4 nitrogen and oxygen atoms in total. The van der Waals surface area contributed by atoms with Crippen LogP contribution in [0.2, 0.25) is 0 Å². The van der Waals surface area contributed by atoms with Crippen LogP contribution < -0.4 is 0 Å². The zero-order valence-electron chi connectivity index (χ0n) is 12.8. The van der Waals surface area contributed by atoms with E-state index < -0.39 is 0 Å². The number of hydrogen-bond donors (Lipinski definition) is 0. The molecule has 0 saturated heterocycles. The van der Waals surface area contributed by atoms with Gasteiger partial charge in [0.15, 0.2) is 0 Å². The van der Waals surface area contributed by atoms with Gasteiger partial charge in [-0.05, 0) is 19.1 Å². The molecule has 0 aliphatic rings. The van der Waals surface area contributed by atoms with Gasteiger partial charge < -0.3 is 4.74 Å². The van der Waals surface area contributed by atoms with Crippen LogP contribution in [0, 0.1) is 5.82 Å². The molecule has 114 valence electrons. The Balaban J connectivity index is 2.16. The highest BCUT2D eigenvalue weighted by Crippen LogP contribution is 2.15. The first kappa shape index (κ1) is 15.7. The van der Waals surface area contributed by atoms with E-state index in [9.17, 15) is 4.39 Å². The van der Waals surface area contributed by atoms with Gasteiger partial charge in [0, 0.05) is 45.0 Å². The van der Waals surface area contributed by atoms with Crippen LogP contribution in [0.5, 0.6) is 0 Å². The Morgan fingerprint density at radius 3 is 2.67 bits per heavy atom. The van der Waals surface area contributed by atoms with Gasteiger partial charge in [0.2, 0.25) is 0 Å². The van der Waals surface area contributed by atoms with Gasteiger partial charge in [0.1, 0.15) is 5.82 Å². The highest BCUT2D eigenvalue weighted by atomic mass is 19.1. The Labute approximate surface area is 125 Å². The van der Waals surface area contributed by atoms with Crippen LogP contribution in [0.1, 0.15) is 18.2 Å². The Hall–Kier alpha value is -1.72. The van der Waals surface area contributed by atoms with Gasteiger partial charge in [-0.15, -0.1) is 0 Å². The molecule has 0 bridgehead atoms. The molecular weight excluding hydrogens is 269 g/mol. The van der Waals surface area contributed by atoms with E-state index in [4.69, 9.17) is 4.74 Å². The summed E-state index contributed by atoms with van der Waals surface area (Å²) in [6.07, 6.45) is 1.78. The average molecular weight is 291 g/mol. The summed E-state index contributed by atoms with van der Waals surface area (Å²) in [5.41, 5.74) is 1.79. The molecule has 1 heterocycles. The Bertz CT molecular complexity index is 570. The third-order valence-corrected chi connectivity index (χ3v) is 3.65. The molecule has 0 aliphatic carbocycles. The van der Waals surface area contributed by atoms with Crippen molar-refractivity contribution < 1.29 is 9.13 Å². The topological polar surface area (TPSA) is 30.3 Å². The Morgan fingerprint density at radius 2 is 2.05 bits per heavy atom. The van der Waals surface area contributed by atoms with Crippen LogP contribution in [0.15, 0.2) is 36.5 Å². The maximum Gasteiger partial charge on any atom is 0.127 e. The molecule has 1 atom stereocenters. The van der Waals surface area contributed by atoms with Crippen LogP contribution in [-0.2, 0) is 24.9 Å². The van der Waals surface area contributed by atoms with Crippen molar-refractivity contribution in [1.29, 1.82) is 0 Å². The lowest BCUT2D eigenvalue weighted by molar-refractivity contribution is 0.0871. The third-order valence-electron chi connectivity index (χ3n) is 3.65. The monoisotopic (exact) mass is 291 g/mol. The minimum absolute atomic E-state index is 0.169. The molecule has 0 amide bonds. The summed E-state index contributed by atoms with van der Waals surface area (Å²) in [6.45, 7) is 3.94. The Kier molecular flexibility index (Phi) is 5.47. The number of methoxy groups -OCH3 is 1. The molecule has 0 spiro atoms. The minimum atomic E-state index is -0.169. The fourth-order valence-corrected chi connectivity index (χ4v) is 2.32. The van der Waals surface area contributed by atoms with E-state index in [1.807, 2.05) is 29.9 Å². The molecule has 5 heteroatoms. The molecule has 1 unspecified atom stereocenters. The van der Waals surface area contributed by atoms with E-state index in [1.54, 1.807) is 19.4 Å². The summed E-state index contributed by atoms with van der Waals surface area (Å²) in [6, 6.07) is 9.06. The van der Waals surface area contributed by atoms with Crippen molar-refractivity contribution >= 4 is 0 Å². The molecule has 0 aliphatic heterocycles. The second-order valence-electron chi connectivity index (χ2n) is 5.25. The highest BCUT2D eigenvalue weighted by Gasteiger charge is 2.17. The molecule has 0 N–H and O–H groups in total. The number of aromatic nitrogens is 2. The van der Waals surface area contributed by atoms with Crippen LogP contribution in [0.4, 0.5) is 4.39 Å². The lowest BCUT2D eigenvalue weighted by atomic mass is 10.1. The predicted octanol–water partition coefficient (Wildman–Crippen LogP) is 2.60. The van der Waals surface area contributed by atoms with E-state index in [0.717, 1.165) is 5.69 Å². The fourth-order valence-electron chi connectivity index (χ4n) is 2.32. The zero-order valence-corrected chi connectivity index (χ0v) is 12.8. The molecule has 0 radical (unpaired) electrons. The third kappa shape index (κ3) is 4.12. The van der Waals surface area contributed by atoms with Gasteiger partial charge in [-0.1, -0.05) is 18.2 Å². The van der Waals surface area contributed by atoms with Gasteiger partial charge in [0.25, 0.3) is 0 Å². The lowest BCUT2D eigenvalue weighted by Gasteiger charge is -2.28. The van der Waals surface area contributed by atoms with Gasteiger partial charge >= 0.3 is 0 Å². The summed E-state index contributed by atoms with van der Waals surface area (Å²) in [4.78, 5) is 2.19. The first-order chi connectivity index (χ1) is 10.1. The van der Waals surface area contributed by atoms with E-state index in [0.29, 0.717) is 25.3 Å². The summed E-state index contributed by atoms with van der Waals surface area (Å²) in [5.74, 6) is -0.169. The number of rotatable bonds is 7. The quantitative estimate of drug-likeness (QED) is 0.785. The van der Waals surface area contributed by atoms with E-state index in [1.165, 1.54) is 6.07 Å². The van der Waals surface area contributed by atoms with Gasteiger partial charge in [-0.2, -0.15) is 5.10 Å². The van der Waals surface area contributed by atoms with Crippen molar-refractivity contribution in [3.8, 4) is 0 Å². The van der Waals surface area contributed by atoms with E-state index >= 15 is 0 Å². The second kappa shape index (κ2) is 7.33. The van der Waals surface area contributed by atoms with Crippen molar-refractivity contribution in [1.82, 2.24) is 14.7 Å². The van der Waals surface area contributed by atoms with Crippen LogP contribution in [0.25, 0.3) is 0 Å². The number of halogens is 1. The fraction of sp³-hybridized carbons (Fsp3) is 0.438. The standard InChI is InChI=1S/C16H22FN3O/c1-13(12-21-3)20(11-15-8-9-18-19(15)2)10-14-6-4-5-7-16(14)17/h4-9,13H,10-12H2,1-3H3. The lowest BCUT2D eigenvalue weighted by Crippen LogP contribution is -2.36. The van der Waals surface area contributed by atoms with Gasteiger partial charge in [-0.3, -0.25) is 9.58 Å². The maximum absolute atomic E-state index is 13.9. The molecular formula is C16H22FN3O. The number of benzene rings is 1. The smallest absolute Gasteiger partial charge is 0.127 e. The van der Waals surface area contributed by atoms with E-state index in [2.05, 4.69) is 16.9 Å². The van der Waals surface area contributed by atoms with Crippen molar-refractivity contribution in [3.63, 3.8) is 0 Å². The highest BCUT2D eigenvalue weighted by molar-refractivity contribution is 5.17.